The van der Waals surface area contributed by atoms with Crippen LogP contribution in [-0.2, 0) is 6.42 Å². The number of nitrogens with zero attached hydrogens (tertiary/aromatic N) is 2. The summed E-state index contributed by atoms with van der Waals surface area (Å²) in [5, 5.41) is 9.10. The second kappa shape index (κ2) is 13.5. The van der Waals surface area contributed by atoms with Gasteiger partial charge in [-0.1, -0.05) is 6.07 Å². The molecule has 156 valence electrons. The summed E-state index contributed by atoms with van der Waals surface area (Å²) in [6, 6.07) is 8.72. The monoisotopic (exact) mass is 534 g/mol. The minimum atomic E-state index is 0. The van der Waals surface area contributed by atoms with Gasteiger partial charge in [0.05, 0.1) is 18.8 Å². The molecule has 1 fully saturated rings. The summed E-state index contributed by atoms with van der Waals surface area (Å²) >= 11 is 3.68. The third-order valence-corrected chi connectivity index (χ3v) is 6.30. The summed E-state index contributed by atoms with van der Waals surface area (Å²) in [4.78, 5) is 8.93. The second-order valence-corrected chi connectivity index (χ2v) is 8.60. The van der Waals surface area contributed by atoms with Crippen molar-refractivity contribution in [3.8, 4) is 0 Å². The van der Waals surface area contributed by atoms with Gasteiger partial charge < -0.3 is 15.1 Å². The van der Waals surface area contributed by atoms with Crippen LogP contribution in [-0.4, -0.2) is 55.6 Å². The first-order valence-corrected chi connectivity index (χ1v) is 11.9. The summed E-state index contributed by atoms with van der Waals surface area (Å²) in [7, 11) is 0. The maximum atomic E-state index is 5.42. The van der Waals surface area contributed by atoms with E-state index in [0.717, 1.165) is 43.5 Å². The third kappa shape index (κ3) is 7.61. The Morgan fingerprint density at radius 1 is 1.25 bits per heavy atom. The summed E-state index contributed by atoms with van der Waals surface area (Å²) in [5.74, 6) is 2.97. The highest BCUT2D eigenvalue weighted by atomic mass is 127. The molecule has 2 N–H and O–H groups in total. The minimum absolute atomic E-state index is 0. The van der Waals surface area contributed by atoms with Gasteiger partial charge >= 0.3 is 0 Å². The standard InChI is InChI=1S/C20H30N4OS2.HI/c1-26-15-10-22-20(21-9-8-17-6-4-13-25-17)23-16-18(19-7-5-14-27-19)24-11-2-3-12-24;/h4-7,13-14,18H,2-3,8-12,15-16H2,1H3,(H2,21,22,23);1H. The molecule has 2 aromatic heterocycles. The molecular formula is C20H31IN4OS2. The Balaban J connectivity index is 0.00000280. The van der Waals surface area contributed by atoms with Gasteiger partial charge in [-0.05, 0) is 55.8 Å². The first kappa shape index (κ1) is 23.6. The average molecular weight is 535 g/mol. The van der Waals surface area contributed by atoms with Crippen molar-refractivity contribution in [1.82, 2.24) is 15.5 Å². The van der Waals surface area contributed by atoms with Crippen molar-refractivity contribution < 1.29 is 4.42 Å². The van der Waals surface area contributed by atoms with Gasteiger partial charge in [0.1, 0.15) is 5.76 Å². The molecule has 1 aliphatic heterocycles. The van der Waals surface area contributed by atoms with E-state index < -0.39 is 0 Å². The minimum Gasteiger partial charge on any atom is -0.469 e. The number of likely N-dealkylation sites (tertiary alicyclic amines) is 1. The highest BCUT2D eigenvalue weighted by Crippen LogP contribution is 2.28. The Morgan fingerprint density at radius 3 is 2.75 bits per heavy atom. The van der Waals surface area contributed by atoms with Crippen LogP contribution in [0.2, 0.25) is 0 Å². The van der Waals surface area contributed by atoms with Crippen LogP contribution in [0.4, 0.5) is 0 Å². The number of thioether (sulfide) groups is 1. The molecule has 0 bridgehead atoms. The summed E-state index contributed by atoms with van der Waals surface area (Å²) in [6.45, 7) is 4.88. The van der Waals surface area contributed by atoms with Crippen LogP contribution in [0.1, 0.15) is 29.5 Å². The van der Waals surface area contributed by atoms with Crippen LogP contribution in [0.3, 0.4) is 0 Å². The van der Waals surface area contributed by atoms with Crippen LogP contribution < -0.4 is 10.6 Å². The molecule has 0 saturated carbocycles. The molecule has 0 aromatic carbocycles. The Bertz CT molecular complexity index is 658. The van der Waals surface area contributed by atoms with Gasteiger partial charge in [-0.2, -0.15) is 11.8 Å². The van der Waals surface area contributed by atoms with E-state index in [1.807, 2.05) is 35.2 Å². The molecule has 1 unspecified atom stereocenters. The van der Waals surface area contributed by atoms with E-state index in [2.05, 4.69) is 39.3 Å². The van der Waals surface area contributed by atoms with Crippen LogP contribution in [0, 0.1) is 0 Å². The molecular weight excluding hydrogens is 503 g/mol. The van der Waals surface area contributed by atoms with Crippen molar-refractivity contribution >= 4 is 53.0 Å². The van der Waals surface area contributed by atoms with Gasteiger partial charge in [-0.25, -0.2) is 0 Å². The van der Waals surface area contributed by atoms with Crippen molar-refractivity contribution in [2.75, 3.05) is 44.7 Å². The number of nitrogens with one attached hydrogen (secondary N) is 2. The molecule has 28 heavy (non-hydrogen) atoms. The number of furan rings is 1. The zero-order valence-electron chi connectivity index (χ0n) is 16.4. The molecule has 0 amide bonds. The maximum Gasteiger partial charge on any atom is 0.191 e. The molecule has 1 saturated heterocycles. The smallest absolute Gasteiger partial charge is 0.191 e. The quantitative estimate of drug-likeness (QED) is 0.207. The summed E-state index contributed by atoms with van der Waals surface area (Å²) < 4.78 is 5.42. The van der Waals surface area contributed by atoms with E-state index in [0.29, 0.717) is 6.04 Å². The first-order chi connectivity index (χ1) is 13.4. The molecule has 0 spiro atoms. The Morgan fingerprint density at radius 2 is 2.07 bits per heavy atom. The number of thiophene rings is 1. The lowest BCUT2D eigenvalue weighted by atomic mass is 10.2. The Hall–Kier alpha value is -0.710. The molecule has 2 aromatic rings. The molecule has 0 radical (unpaired) electrons. The van der Waals surface area contributed by atoms with E-state index in [-0.39, 0.29) is 24.0 Å². The van der Waals surface area contributed by atoms with E-state index in [1.54, 1.807) is 6.26 Å². The lowest BCUT2D eigenvalue weighted by Crippen LogP contribution is -2.40. The molecule has 8 heteroatoms. The predicted molar refractivity (Wildman–Crippen MR) is 132 cm³/mol. The van der Waals surface area contributed by atoms with Gasteiger partial charge in [0.2, 0.25) is 0 Å². The largest absolute Gasteiger partial charge is 0.469 e. The highest BCUT2D eigenvalue weighted by Gasteiger charge is 2.24. The van der Waals surface area contributed by atoms with Gasteiger partial charge in [-0.15, -0.1) is 35.3 Å². The summed E-state index contributed by atoms with van der Waals surface area (Å²) in [5.41, 5.74) is 0. The maximum absolute atomic E-state index is 5.42. The highest BCUT2D eigenvalue weighted by molar-refractivity contribution is 14.0. The van der Waals surface area contributed by atoms with E-state index in [9.17, 15) is 0 Å². The average Bonchev–Trinajstić information content (AvgIpc) is 3.45. The Labute approximate surface area is 193 Å². The van der Waals surface area contributed by atoms with Crippen molar-refractivity contribution in [3.05, 3.63) is 46.5 Å². The number of guanidine groups is 1. The lowest BCUT2D eigenvalue weighted by Gasteiger charge is -2.25. The SMILES string of the molecule is CSCCNC(=NCC(c1cccs1)N1CCCC1)NCCc1ccco1.I. The molecule has 3 rings (SSSR count). The fraction of sp³-hybridized carbons (Fsp3) is 0.550. The topological polar surface area (TPSA) is 52.8 Å². The lowest BCUT2D eigenvalue weighted by molar-refractivity contribution is 0.255. The van der Waals surface area contributed by atoms with Crippen molar-refractivity contribution in [3.63, 3.8) is 0 Å². The van der Waals surface area contributed by atoms with E-state index in [1.165, 1.54) is 30.8 Å². The first-order valence-electron chi connectivity index (χ1n) is 9.68. The zero-order chi connectivity index (χ0) is 18.7. The van der Waals surface area contributed by atoms with Gasteiger partial charge in [0.25, 0.3) is 0 Å². The van der Waals surface area contributed by atoms with E-state index >= 15 is 0 Å². The normalized spacial score (nSPS) is 16.0. The molecule has 1 atom stereocenters. The number of rotatable bonds is 10. The number of hydrogen-bond acceptors (Lipinski definition) is 5. The molecule has 1 aliphatic rings. The van der Waals surface area contributed by atoms with Crippen LogP contribution >= 0.6 is 47.1 Å². The van der Waals surface area contributed by atoms with Crippen molar-refractivity contribution in [2.24, 2.45) is 4.99 Å². The number of aliphatic imine (C=N–C) groups is 1. The summed E-state index contributed by atoms with van der Waals surface area (Å²) in [6.07, 6.45) is 7.31. The zero-order valence-corrected chi connectivity index (χ0v) is 20.4. The Kier molecular flexibility index (Phi) is 11.4. The third-order valence-electron chi connectivity index (χ3n) is 4.72. The number of hydrogen-bond donors (Lipinski definition) is 2. The van der Waals surface area contributed by atoms with Crippen LogP contribution in [0.5, 0.6) is 0 Å². The van der Waals surface area contributed by atoms with E-state index in [4.69, 9.17) is 9.41 Å². The van der Waals surface area contributed by atoms with Gasteiger partial charge in [0, 0.05) is 30.1 Å². The fourth-order valence-corrected chi connectivity index (χ4v) is 4.46. The fourth-order valence-electron chi connectivity index (χ4n) is 3.30. The molecule has 3 heterocycles. The van der Waals surface area contributed by atoms with Gasteiger partial charge in [0.15, 0.2) is 5.96 Å². The molecule has 0 aliphatic carbocycles. The molecule has 5 nitrogen and oxygen atoms in total. The van der Waals surface area contributed by atoms with Crippen molar-refractivity contribution in [1.29, 1.82) is 0 Å². The second-order valence-electron chi connectivity index (χ2n) is 6.64. The number of halogens is 1. The van der Waals surface area contributed by atoms with Gasteiger partial charge in [-0.3, -0.25) is 9.89 Å². The van der Waals surface area contributed by atoms with Crippen molar-refractivity contribution in [2.45, 2.75) is 25.3 Å². The predicted octanol–water partition coefficient (Wildman–Crippen LogP) is 4.24. The van der Waals surface area contributed by atoms with Crippen LogP contribution in [0.25, 0.3) is 0 Å². The van der Waals surface area contributed by atoms with Crippen LogP contribution in [0.15, 0.2) is 45.3 Å².